The fraction of sp³-hybridized carbons (Fsp3) is 0.400. The van der Waals surface area contributed by atoms with Gasteiger partial charge in [0.05, 0.1) is 6.61 Å². The molecule has 0 fully saturated rings. The minimum Gasteiger partial charge on any atom is -0.463 e. The van der Waals surface area contributed by atoms with Crippen LogP contribution >= 0.6 is 11.1 Å². The van der Waals surface area contributed by atoms with Crippen LogP contribution in [-0.2, 0) is 9.53 Å². The molecule has 0 heterocycles. The lowest BCUT2D eigenvalue weighted by molar-refractivity contribution is -0.137. The van der Waals surface area contributed by atoms with E-state index < -0.39 is 8.83 Å². The van der Waals surface area contributed by atoms with E-state index in [0.717, 1.165) is 0 Å². The molecular formula is C5H9ClO2Si. The minimum absolute atomic E-state index is 0.348. The molecule has 0 aliphatic carbocycles. The maximum absolute atomic E-state index is 10.6. The molecule has 0 amide bonds. The molecule has 4 heteroatoms. The topological polar surface area (TPSA) is 26.3 Å². The molecule has 0 bridgehead atoms. The maximum atomic E-state index is 10.6. The molecule has 0 radical (unpaired) electrons. The van der Waals surface area contributed by atoms with Gasteiger partial charge in [-0.15, -0.1) is 0 Å². The van der Waals surface area contributed by atoms with E-state index in [1.54, 1.807) is 6.92 Å². The van der Waals surface area contributed by atoms with Gasteiger partial charge in [-0.05, 0) is 6.92 Å². The minimum atomic E-state index is -0.926. The first kappa shape index (κ1) is 8.72. The SMILES string of the molecule is C=C([SiH2]Cl)C(=O)OCC. The summed E-state index contributed by atoms with van der Waals surface area (Å²) in [6, 6.07) is 0. The first-order valence-electron chi connectivity index (χ1n) is 2.63. The van der Waals surface area contributed by atoms with Gasteiger partial charge >= 0.3 is 5.97 Å². The predicted molar refractivity (Wildman–Crippen MR) is 40.2 cm³/mol. The number of ether oxygens (including phenoxy) is 1. The lowest BCUT2D eigenvalue weighted by atomic mass is 10.6. The van der Waals surface area contributed by atoms with Gasteiger partial charge in [-0.2, -0.15) is 11.1 Å². The van der Waals surface area contributed by atoms with Crippen molar-refractivity contribution in [1.29, 1.82) is 0 Å². The molecule has 0 aromatic heterocycles. The Hall–Kier alpha value is -0.283. The van der Waals surface area contributed by atoms with E-state index in [0.29, 0.717) is 11.8 Å². The molecule has 0 atom stereocenters. The maximum Gasteiger partial charge on any atom is 0.330 e. The Morgan fingerprint density at radius 3 is 2.78 bits per heavy atom. The molecule has 0 N–H and O–H groups in total. The number of rotatable bonds is 3. The molecule has 0 saturated carbocycles. The molecule has 0 aliphatic rings. The van der Waals surface area contributed by atoms with Crippen molar-refractivity contribution in [1.82, 2.24) is 0 Å². The van der Waals surface area contributed by atoms with Crippen molar-refractivity contribution in [2.24, 2.45) is 0 Å². The summed E-state index contributed by atoms with van der Waals surface area (Å²) in [5.74, 6) is -0.348. The summed E-state index contributed by atoms with van der Waals surface area (Å²) in [6.45, 7) is 5.59. The summed E-state index contributed by atoms with van der Waals surface area (Å²) in [6.07, 6.45) is 0. The molecule has 2 nitrogen and oxygen atoms in total. The third-order valence-corrected chi connectivity index (χ3v) is 2.30. The van der Waals surface area contributed by atoms with Crippen molar-refractivity contribution >= 4 is 25.9 Å². The second kappa shape index (κ2) is 4.58. The summed E-state index contributed by atoms with van der Waals surface area (Å²) in [4.78, 5) is 10.6. The second-order valence-corrected chi connectivity index (χ2v) is 3.38. The Morgan fingerprint density at radius 2 is 2.44 bits per heavy atom. The van der Waals surface area contributed by atoms with Crippen LogP contribution < -0.4 is 0 Å². The number of halogens is 1. The highest BCUT2D eigenvalue weighted by atomic mass is 35.6. The Morgan fingerprint density at radius 1 is 1.89 bits per heavy atom. The van der Waals surface area contributed by atoms with E-state index in [1.807, 2.05) is 0 Å². The van der Waals surface area contributed by atoms with Gasteiger partial charge in [0.1, 0.15) is 0 Å². The standard InChI is InChI=1S/C5H9ClO2Si/c1-3-8-5(7)4(2)9-6/h2-3,9H2,1H3. The third kappa shape index (κ3) is 3.32. The van der Waals surface area contributed by atoms with Gasteiger partial charge in [-0.1, -0.05) is 6.58 Å². The molecule has 9 heavy (non-hydrogen) atoms. The van der Waals surface area contributed by atoms with E-state index in [1.165, 1.54) is 0 Å². The van der Waals surface area contributed by atoms with E-state index in [2.05, 4.69) is 11.3 Å². The lowest BCUT2D eigenvalue weighted by Crippen LogP contribution is -2.08. The van der Waals surface area contributed by atoms with Crippen molar-refractivity contribution in [3.8, 4) is 0 Å². The van der Waals surface area contributed by atoms with Crippen LogP contribution in [-0.4, -0.2) is 21.4 Å². The van der Waals surface area contributed by atoms with E-state index in [4.69, 9.17) is 11.1 Å². The lowest BCUT2D eigenvalue weighted by Gasteiger charge is -1.98. The second-order valence-electron chi connectivity index (χ2n) is 1.46. The molecule has 0 rings (SSSR count). The zero-order valence-corrected chi connectivity index (χ0v) is 7.49. The van der Waals surface area contributed by atoms with Crippen LogP contribution in [0.1, 0.15) is 6.92 Å². The largest absolute Gasteiger partial charge is 0.463 e. The van der Waals surface area contributed by atoms with Crippen LogP contribution in [0, 0.1) is 0 Å². The highest BCUT2D eigenvalue weighted by molar-refractivity contribution is 6.99. The smallest absolute Gasteiger partial charge is 0.330 e. The van der Waals surface area contributed by atoms with Crippen LogP contribution in [0.15, 0.2) is 11.8 Å². The molecular weight excluding hydrogens is 156 g/mol. The van der Waals surface area contributed by atoms with Gasteiger partial charge in [0.2, 0.25) is 0 Å². The Balaban J connectivity index is 3.60. The quantitative estimate of drug-likeness (QED) is 0.261. The number of carbonyl (C=O) groups excluding carboxylic acids is 1. The average Bonchev–Trinajstić information content (AvgIpc) is 1.87. The van der Waals surface area contributed by atoms with Crippen molar-refractivity contribution in [3.63, 3.8) is 0 Å². The van der Waals surface area contributed by atoms with Crippen LogP contribution in [0.25, 0.3) is 0 Å². The molecule has 0 spiro atoms. The van der Waals surface area contributed by atoms with E-state index in [-0.39, 0.29) is 5.97 Å². The molecule has 52 valence electrons. The highest BCUT2D eigenvalue weighted by Gasteiger charge is 2.04. The summed E-state index contributed by atoms with van der Waals surface area (Å²) in [5.41, 5.74) is 0. The summed E-state index contributed by atoms with van der Waals surface area (Å²) < 4.78 is 4.61. The highest BCUT2D eigenvalue weighted by Crippen LogP contribution is 1.93. The van der Waals surface area contributed by atoms with E-state index >= 15 is 0 Å². The molecule has 0 unspecified atom stereocenters. The molecule has 0 aliphatic heterocycles. The van der Waals surface area contributed by atoms with Gasteiger partial charge in [0, 0.05) is 5.20 Å². The Kier molecular flexibility index (Phi) is 4.44. The summed E-state index contributed by atoms with van der Waals surface area (Å²) >= 11 is 5.42. The summed E-state index contributed by atoms with van der Waals surface area (Å²) in [5, 5.41) is 0.443. The number of esters is 1. The third-order valence-electron chi connectivity index (χ3n) is 0.725. The predicted octanol–water partition coefficient (Wildman–Crippen LogP) is 0.386. The van der Waals surface area contributed by atoms with Gasteiger partial charge in [0.15, 0.2) is 8.83 Å². The van der Waals surface area contributed by atoms with Crippen molar-refractivity contribution in [3.05, 3.63) is 11.8 Å². The number of hydrogen-bond acceptors (Lipinski definition) is 2. The first-order valence-corrected chi connectivity index (χ1v) is 5.47. The fourth-order valence-corrected chi connectivity index (χ4v) is 0.826. The van der Waals surface area contributed by atoms with Crippen LogP contribution in [0.5, 0.6) is 0 Å². The monoisotopic (exact) mass is 164 g/mol. The van der Waals surface area contributed by atoms with Gasteiger partial charge in [0.25, 0.3) is 0 Å². The van der Waals surface area contributed by atoms with Crippen LogP contribution in [0.3, 0.4) is 0 Å². The Bertz CT molecular complexity index is 124. The van der Waals surface area contributed by atoms with Crippen molar-refractivity contribution in [2.45, 2.75) is 6.92 Å². The molecule has 0 aromatic carbocycles. The van der Waals surface area contributed by atoms with Gasteiger partial charge in [-0.25, -0.2) is 4.79 Å². The summed E-state index contributed by atoms with van der Waals surface area (Å²) in [7, 11) is -0.926. The Labute approximate surface area is 61.4 Å². The van der Waals surface area contributed by atoms with Crippen molar-refractivity contribution < 1.29 is 9.53 Å². The fourth-order valence-electron chi connectivity index (χ4n) is 0.288. The van der Waals surface area contributed by atoms with Crippen molar-refractivity contribution in [2.75, 3.05) is 6.61 Å². The number of hydrogen-bond donors (Lipinski definition) is 0. The molecule has 0 aromatic rings. The average molecular weight is 165 g/mol. The molecule has 0 saturated heterocycles. The first-order chi connectivity index (χ1) is 4.22. The van der Waals surface area contributed by atoms with Gasteiger partial charge in [-0.3, -0.25) is 0 Å². The van der Waals surface area contributed by atoms with Crippen LogP contribution in [0.2, 0.25) is 0 Å². The zero-order valence-electron chi connectivity index (χ0n) is 5.32. The van der Waals surface area contributed by atoms with Crippen LogP contribution in [0.4, 0.5) is 0 Å². The van der Waals surface area contributed by atoms with E-state index in [9.17, 15) is 4.79 Å². The number of carbonyl (C=O) groups is 1. The normalized spacial score (nSPS) is 10.0. The van der Waals surface area contributed by atoms with Gasteiger partial charge < -0.3 is 4.74 Å². The zero-order chi connectivity index (χ0) is 7.28.